The third kappa shape index (κ3) is 2.29. The molecule has 1 aromatic rings. The van der Waals surface area contributed by atoms with Gasteiger partial charge in [0.05, 0.1) is 6.10 Å². The Hall–Kier alpha value is -0.740. The van der Waals surface area contributed by atoms with E-state index in [1.807, 2.05) is 27.6 Å². The van der Waals surface area contributed by atoms with Gasteiger partial charge in [0.1, 0.15) is 6.10 Å². The lowest BCUT2D eigenvalue weighted by Gasteiger charge is -2.15. The fraction of sp³-hybridized carbons (Fsp3) is 0.556. The maximum atomic E-state index is 13.8. The smallest absolute Gasteiger partial charge is 0.330 e. The van der Waals surface area contributed by atoms with Crippen LogP contribution in [0.25, 0.3) is 0 Å². The first-order valence-corrected chi connectivity index (χ1v) is 6.42. The molecule has 8 heteroatoms. The number of nitrogens with one attached hydrogen (secondary N) is 1. The van der Waals surface area contributed by atoms with Crippen molar-refractivity contribution in [2.24, 2.45) is 0 Å². The first-order valence-electron chi connectivity index (χ1n) is 4.89. The van der Waals surface area contributed by atoms with Gasteiger partial charge >= 0.3 is 5.69 Å². The van der Waals surface area contributed by atoms with Crippen LogP contribution in [0.4, 0.5) is 4.39 Å². The van der Waals surface area contributed by atoms with Crippen molar-refractivity contribution < 1.29 is 14.2 Å². The molecule has 0 radical (unpaired) electrons. The SMILES string of the molecule is O=c1ccn(C2OC(CI)C(O)C2F)c(=O)[nH]1. The van der Waals surface area contributed by atoms with Crippen LogP contribution in [-0.4, -0.2) is 37.5 Å². The lowest BCUT2D eigenvalue weighted by Crippen LogP contribution is -2.35. The van der Waals surface area contributed by atoms with E-state index in [2.05, 4.69) is 0 Å². The standard InChI is InChI=1S/C9H10FIN2O4/c10-6-7(15)4(3-11)17-8(6)13-2-1-5(14)12-9(13)16/h1-2,4,6-8,15H,3H2,(H,12,14,16). The summed E-state index contributed by atoms with van der Waals surface area (Å²) in [6, 6.07) is 1.10. The molecule has 1 aliphatic heterocycles. The van der Waals surface area contributed by atoms with Crippen molar-refractivity contribution in [2.45, 2.75) is 24.6 Å². The van der Waals surface area contributed by atoms with Gasteiger partial charge in [-0.2, -0.15) is 0 Å². The number of hydrogen-bond acceptors (Lipinski definition) is 4. The lowest BCUT2D eigenvalue weighted by molar-refractivity contribution is -0.0153. The fourth-order valence-electron chi connectivity index (χ4n) is 1.68. The lowest BCUT2D eigenvalue weighted by atomic mass is 10.2. The molecule has 6 nitrogen and oxygen atoms in total. The molecule has 0 aromatic carbocycles. The topological polar surface area (TPSA) is 84.3 Å². The third-order valence-electron chi connectivity index (χ3n) is 2.57. The molecule has 1 saturated heterocycles. The van der Waals surface area contributed by atoms with E-state index in [0.717, 1.165) is 16.8 Å². The Balaban J connectivity index is 2.35. The van der Waals surface area contributed by atoms with Crippen LogP contribution in [0.15, 0.2) is 21.9 Å². The molecule has 0 amide bonds. The molecular formula is C9H10FIN2O4. The second-order valence-electron chi connectivity index (χ2n) is 3.67. The zero-order valence-electron chi connectivity index (χ0n) is 8.55. The Morgan fingerprint density at radius 2 is 2.29 bits per heavy atom. The molecule has 0 spiro atoms. The van der Waals surface area contributed by atoms with Crippen molar-refractivity contribution in [1.29, 1.82) is 0 Å². The van der Waals surface area contributed by atoms with Gasteiger partial charge in [-0.3, -0.25) is 14.3 Å². The number of alkyl halides is 2. The molecule has 0 bridgehead atoms. The highest BCUT2D eigenvalue weighted by Crippen LogP contribution is 2.31. The molecule has 17 heavy (non-hydrogen) atoms. The van der Waals surface area contributed by atoms with E-state index in [4.69, 9.17) is 4.74 Å². The maximum absolute atomic E-state index is 13.8. The molecular weight excluding hydrogens is 346 g/mol. The summed E-state index contributed by atoms with van der Waals surface area (Å²) in [5.74, 6) is 0. The van der Waals surface area contributed by atoms with Crippen LogP contribution in [0, 0.1) is 0 Å². The van der Waals surface area contributed by atoms with Crippen LogP contribution >= 0.6 is 22.6 Å². The zero-order valence-corrected chi connectivity index (χ0v) is 10.7. The van der Waals surface area contributed by atoms with Gasteiger partial charge in [0.25, 0.3) is 5.56 Å². The minimum Gasteiger partial charge on any atom is -0.387 e. The number of hydrogen-bond donors (Lipinski definition) is 2. The number of ether oxygens (including phenoxy) is 1. The number of aliphatic hydroxyl groups excluding tert-OH is 1. The highest BCUT2D eigenvalue weighted by atomic mass is 127. The monoisotopic (exact) mass is 356 g/mol. The molecule has 94 valence electrons. The maximum Gasteiger partial charge on any atom is 0.330 e. The minimum absolute atomic E-state index is 0.411. The van der Waals surface area contributed by atoms with Crippen molar-refractivity contribution in [3.63, 3.8) is 0 Å². The first kappa shape index (κ1) is 12.7. The largest absolute Gasteiger partial charge is 0.387 e. The number of H-pyrrole nitrogens is 1. The van der Waals surface area contributed by atoms with Crippen LogP contribution < -0.4 is 11.2 Å². The summed E-state index contributed by atoms with van der Waals surface area (Å²) in [7, 11) is 0. The molecule has 2 N–H and O–H groups in total. The third-order valence-corrected chi connectivity index (χ3v) is 3.44. The number of halogens is 2. The van der Waals surface area contributed by atoms with Crippen molar-refractivity contribution >= 4 is 22.6 Å². The summed E-state index contributed by atoms with van der Waals surface area (Å²) in [6.07, 6.45) is -3.67. The summed E-state index contributed by atoms with van der Waals surface area (Å²) >= 11 is 1.96. The molecule has 0 saturated carbocycles. The van der Waals surface area contributed by atoms with Gasteiger partial charge in [-0.05, 0) is 0 Å². The molecule has 1 aliphatic rings. The van der Waals surface area contributed by atoms with Crippen LogP contribution in [0.5, 0.6) is 0 Å². The van der Waals surface area contributed by atoms with Gasteiger partial charge in [-0.25, -0.2) is 9.18 Å². The Morgan fingerprint density at radius 1 is 1.59 bits per heavy atom. The van der Waals surface area contributed by atoms with Crippen LogP contribution in [0.2, 0.25) is 0 Å². The van der Waals surface area contributed by atoms with Gasteiger partial charge < -0.3 is 9.84 Å². The summed E-state index contributed by atoms with van der Waals surface area (Å²) in [5.41, 5.74) is -1.32. The van der Waals surface area contributed by atoms with Gasteiger partial charge in [-0.1, -0.05) is 22.6 Å². The number of aromatic nitrogens is 2. The van der Waals surface area contributed by atoms with E-state index in [1.54, 1.807) is 0 Å². The predicted octanol–water partition coefficient (Wildman–Crippen LogP) is -0.432. The summed E-state index contributed by atoms with van der Waals surface area (Å²) in [5, 5.41) is 9.54. The highest BCUT2D eigenvalue weighted by molar-refractivity contribution is 14.1. The Kier molecular flexibility index (Phi) is 3.64. The molecule has 1 fully saturated rings. The van der Waals surface area contributed by atoms with Gasteiger partial charge in [0.15, 0.2) is 12.4 Å². The van der Waals surface area contributed by atoms with E-state index >= 15 is 0 Å². The van der Waals surface area contributed by atoms with Crippen LogP contribution in [0.1, 0.15) is 6.23 Å². The molecule has 2 heterocycles. The molecule has 4 unspecified atom stereocenters. The highest BCUT2D eigenvalue weighted by Gasteiger charge is 2.44. The van der Waals surface area contributed by atoms with E-state index in [0.29, 0.717) is 4.43 Å². The normalized spacial score (nSPS) is 32.9. The molecule has 4 atom stereocenters. The van der Waals surface area contributed by atoms with E-state index < -0.39 is 35.9 Å². The zero-order chi connectivity index (χ0) is 12.6. The molecule has 0 aliphatic carbocycles. The van der Waals surface area contributed by atoms with Gasteiger partial charge in [0, 0.05) is 16.7 Å². The summed E-state index contributed by atoms with van der Waals surface area (Å²) in [4.78, 5) is 24.3. The first-order chi connectivity index (χ1) is 8.04. The predicted molar refractivity (Wildman–Crippen MR) is 65.0 cm³/mol. The molecule has 2 rings (SSSR count). The van der Waals surface area contributed by atoms with Crippen LogP contribution in [-0.2, 0) is 4.74 Å². The second-order valence-corrected chi connectivity index (χ2v) is 4.55. The van der Waals surface area contributed by atoms with Crippen molar-refractivity contribution in [3.8, 4) is 0 Å². The quantitative estimate of drug-likeness (QED) is 0.556. The fourth-order valence-corrected chi connectivity index (χ4v) is 2.41. The van der Waals surface area contributed by atoms with Crippen molar-refractivity contribution in [3.05, 3.63) is 33.1 Å². The van der Waals surface area contributed by atoms with E-state index in [9.17, 15) is 19.1 Å². The van der Waals surface area contributed by atoms with Crippen LogP contribution in [0.3, 0.4) is 0 Å². The number of rotatable bonds is 2. The average molecular weight is 356 g/mol. The summed E-state index contributed by atoms with van der Waals surface area (Å²) < 4.78 is 20.3. The molecule has 1 aromatic heterocycles. The van der Waals surface area contributed by atoms with E-state index in [1.165, 1.54) is 0 Å². The van der Waals surface area contributed by atoms with Gasteiger partial charge in [0.2, 0.25) is 0 Å². The second kappa shape index (κ2) is 4.86. The van der Waals surface area contributed by atoms with Crippen molar-refractivity contribution in [2.75, 3.05) is 4.43 Å². The Morgan fingerprint density at radius 3 is 2.82 bits per heavy atom. The minimum atomic E-state index is -1.70. The van der Waals surface area contributed by atoms with Gasteiger partial charge in [-0.15, -0.1) is 0 Å². The number of nitrogens with zero attached hydrogens (tertiary/aromatic N) is 1. The average Bonchev–Trinajstić information content (AvgIpc) is 2.57. The number of aliphatic hydroxyl groups is 1. The number of aromatic amines is 1. The van der Waals surface area contributed by atoms with E-state index in [-0.39, 0.29) is 0 Å². The Labute approximate surface area is 109 Å². The Bertz CT molecular complexity index is 516. The summed E-state index contributed by atoms with van der Waals surface area (Å²) in [6.45, 7) is 0. The van der Waals surface area contributed by atoms with Crippen molar-refractivity contribution in [1.82, 2.24) is 9.55 Å².